The Morgan fingerprint density at radius 1 is 1.38 bits per heavy atom. The first-order valence-electron chi connectivity index (χ1n) is 6.03. The molecule has 6 nitrogen and oxygen atoms in total. The summed E-state index contributed by atoms with van der Waals surface area (Å²) in [5.41, 5.74) is 9.74. The molecule has 0 spiro atoms. The predicted octanol–water partition coefficient (Wildman–Crippen LogP) is 0.786. The Morgan fingerprint density at radius 3 is 2.48 bits per heavy atom. The average molecular weight is 310 g/mol. The number of hydrogen-bond donors (Lipinski definition) is 2. The highest BCUT2D eigenvalue weighted by molar-refractivity contribution is 5.77. The molecule has 1 atom stereocenters. The molecule has 21 heavy (non-hydrogen) atoms. The fraction of sp³-hybridized carbons (Fsp3) is 0.583. The van der Waals surface area contributed by atoms with Gasteiger partial charge in [0.1, 0.15) is 11.6 Å². The molecule has 0 aromatic heterocycles. The highest BCUT2D eigenvalue weighted by atomic mass is 19.4. The minimum Gasteiger partial charge on any atom is -0.493 e. The van der Waals surface area contributed by atoms with Crippen molar-refractivity contribution in [1.29, 1.82) is 0 Å². The number of carbonyl (C=O) groups is 1. The highest BCUT2D eigenvalue weighted by Crippen LogP contribution is 2.30. The zero-order chi connectivity index (χ0) is 16.3. The summed E-state index contributed by atoms with van der Waals surface area (Å²) in [6.45, 7) is 0.187. The summed E-state index contributed by atoms with van der Waals surface area (Å²) in [4.78, 5) is 11.8. The SMILES string of the molecule is CCOC(=O)C1C=C(OC)C(OCC(F)(F)F)=CC1(N)N. The molecule has 9 heteroatoms. The number of ether oxygens (including phenoxy) is 3. The quantitative estimate of drug-likeness (QED) is 0.575. The van der Waals surface area contributed by atoms with E-state index in [-0.39, 0.29) is 18.1 Å². The molecule has 0 bridgehead atoms. The topological polar surface area (TPSA) is 96.8 Å². The number of nitrogens with two attached hydrogens (primary N) is 2. The van der Waals surface area contributed by atoms with Crippen LogP contribution in [-0.4, -0.2) is 38.1 Å². The van der Waals surface area contributed by atoms with Gasteiger partial charge in [-0.15, -0.1) is 0 Å². The second-order valence-electron chi connectivity index (χ2n) is 4.38. The van der Waals surface area contributed by atoms with Gasteiger partial charge in [0.15, 0.2) is 18.1 Å². The highest BCUT2D eigenvalue weighted by Gasteiger charge is 2.41. The van der Waals surface area contributed by atoms with Crippen LogP contribution in [0.15, 0.2) is 23.7 Å². The summed E-state index contributed by atoms with van der Waals surface area (Å²) in [5.74, 6) is -2.14. The van der Waals surface area contributed by atoms with Gasteiger partial charge in [0.25, 0.3) is 0 Å². The van der Waals surface area contributed by atoms with Crippen LogP contribution in [-0.2, 0) is 19.0 Å². The first-order valence-corrected chi connectivity index (χ1v) is 6.03. The summed E-state index contributed by atoms with van der Waals surface area (Å²) in [5, 5.41) is 0. The van der Waals surface area contributed by atoms with Crippen molar-refractivity contribution in [1.82, 2.24) is 0 Å². The van der Waals surface area contributed by atoms with E-state index in [9.17, 15) is 18.0 Å². The van der Waals surface area contributed by atoms with Crippen LogP contribution >= 0.6 is 0 Å². The van der Waals surface area contributed by atoms with Crippen molar-refractivity contribution >= 4 is 5.97 Å². The molecule has 0 radical (unpaired) electrons. The number of hydrogen-bond acceptors (Lipinski definition) is 6. The van der Waals surface area contributed by atoms with Gasteiger partial charge in [-0.25, -0.2) is 0 Å². The van der Waals surface area contributed by atoms with Crippen molar-refractivity contribution in [2.45, 2.75) is 18.8 Å². The molecule has 0 aromatic carbocycles. The Hall–Kier alpha value is -1.74. The molecule has 1 unspecified atom stereocenters. The third-order valence-corrected chi connectivity index (χ3v) is 2.63. The van der Waals surface area contributed by atoms with Crippen molar-refractivity contribution in [3.05, 3.63) is 23.7 Å². The van der Waals surface area contributed by atoms with E-state index in [1.54, 1.807) is 6.92 Å². The molecule has 0 aliphatic heterocycles. The summed E-state index contributed by atoms with van der Waals surface area (Å²) >= 11 is 0. The van der Waals surface area contributed by atoms with Crippen molar-refractivity contribution in [3.8, 4) is 0 Å². The summed E-state index contributed by atoms with van der Waals surface area (Å²) < 4.78 is 50.9. The van der Waals surface area contributed by atoms with Crippen LogP contribution < -0.4 is 11.5 Å². The van der Waals surface area contributed by atoms with Crippen LogP contribution in [0.4, 0.5) is 13.2 Å². The molecular formula is C12H17F3N2O4. The van der Waals surface area contributed by atoms with Crippen LogP contribution in [0.2, 0.25) is 0 Å². The van der Waals surface area contributed by atoms with Gasteiger partial charge in [-0.1, -0.05) is 0 Å². The van der Waals surface area contributed by atoms with Crippen molar-refractivity contribution < 1.29 is 32.2 Å². The van der Waals surface area contributed by atoms with E-state index in [1.807, 2.05) is 0 Å². The lowest BCUT2D eigenvalue weighted by molar-refractivity contribution is -0.165. The van der Waals surface area contributed by atoms with Crippen molar-refractivity contribution in [2.75, 3.05) is 20.3 Å². The Morgan fingerprint density at radius 2 is 2.00 bits per heavy atom. The third kappa shape index (κ3) is 4.64. The number of alkyl halides is 3. The molecule has 120 valence electrons. The number of rotatable bonds is 5. The first kappa shape index (κ1) is 17.3. The molecule has 0 saturated carbocycles. The molecule has 4 N–H and O–H groups in total. The largest absolute Gasteiger partial charge is 0.493 e. The van der Waals surface area contributed by atoms with Gasteiger partial charge in [0, 0.05) is 0 Å². The van der Waals surface area contributed by atoms with Gasteiger partial charge in [0.05, 0.1) is 13.7 Å². The molecule has 0 amide bonds. The maximum absolute atomic E-state index is 12.2. The number of halogens is 3. The van der Waals surface area contributed by atoms with Crippen LogP contribution in [0, 0.1) is 5.92 Å². The molecular weight excluding hydrogens is 293 g/mol. The molecule has 1 rings (SSSR count). The molecule has 0 aromatic rings. The normalized spacial score (nSPS) is 21.2. The van der Waals surface area contributed by atoms with E-state index in [2.05, 4.69) is 4.74 Å². The van der Waals surface area contributed by atoms with Gasteiger partial charge in [-0.2, -0.15) is 13.2 Å². The van der Waals surface area contributed by atoms with E-state index in [0.717, 1.165) is 6.08 Å². The van der Waals surface area contributed by atoms with Crippen LogP contribution in [0.3, 0.4) is 0 Å². The van der Waals surface area contributed by atoms with E-state index in [1.165, 1.54) is 13.2 Å². The molecule has 1 aliphatic rings. The van der Waals surface area contributed by atoms with E-state index in [4.69, 9.17) is 20.9 Å². The zero-order valence-corrected chi connectivity index (χ0v) is 11.6. The Balaban J connectivity index is 2.98. The zero-order valence-electron chi connectivity index (χ0n) is 11.6. The molecule has 0 fully saturated rings. The van der Waals surface area contributed by atoms with Gasteiger partial charge >= 0.3 is 12.1 Å². The molecule has 0 saturated heterocycles. The van der Waals surface area contributed by atoms with Crippen LogP contribution in [0.5, 0.6) is 0 Å². The molecule has 0 heterocycles. The summed E-state index contributed by atoms with van der Waals surface area (Å²) in [6, 6.07) is 0. The van der Waals surface area contributed by atoms with Gasteiger partial charge in [-0.3, -0.25) is 4.79 Å². The number of carbonyl (C=O) groups excluding carboxylic acids is 1. The van der Waals surface area contributed by atoms with Crippen molar-refractivity contribution in [3.63, 3.8) is 0 Å². The van der Waals surface area contributed by atoms with E-state index < -0.39 is 30.3 Å². The monoisotopic (exact) mass is 310 g/mol. The lowest BCUT2D eigenvalue weighted by atomic mass is 9.88. The standard InChI is InChI=1S/C12H17F3N2O4/c1-3-20-10(18)7-4-8(19-2)9(5-11(7,16)17)21-6-12(13,14)15/h4-5,7H,3,6,16-17H2,1-2H3. The smallest absolute Gasteiger partial charge is 0.422 e. The Labute approximate surface area is 119 Å². The first-order chi connectivity index (χ1) is 9.60. The Kier molecular flexibility index (Phi) is 5.24. The average Bonchev–Trinajstić information content (AvgIpc) is 2.34. The van der Waals surface area contributed by atoms with Gasteiger partial charge < -0.3 is 25.7 Å². The minimum atomic E-state index is -4.52. The van der Waals surface area contributed by atoms with Crippen LogP contribution in [0.1, 0.15) is 6.92 Å². The second kappa shape index (κ2) is 6.35. The van der Waals surface area contributed by atoms with Gasteiger partial charge in [-0.05, 0) is 19.1 Å². The fourth-order valence-corrected chi connectivity index (χ4v) is 1.71. The van der Waals surface area contributed by atoms with Crippen LogP contribution in [0.25, 0.3) is 0 Å². The second-order valence-corrected chi connectivity index (χ2v) is 4.38. The summed E-state index contributed by atoms with van der Waals surface area (Å²) in [6.07, 6.45) is -2.33. The van der Waals surface area contributed by atoms with E-state index in [0.29, 0.717) is 0 Å². The third-order valence-electron chi connectivity index (χ3n) is 2.63. The number of methoxy groups -OCH3 is 1. The molecule has 1 aliphatic carbocycles. The number of esters is 1. The van der Waals surface area contributed by atoms with E-state index >= 15 is 0 Å². The fourth-order valence-electron chi connectivity index (χ4n) is 1.71. The van der Waals surface area contributed by atoms with Crippen molar-refractivity contribution in [2.24, 2.45) is 17.4 Å². The maximum Gasteiger partial charge on any atom is 0.422 e. The van der Waals surface area contributed by atoms with Gasteiger partial charge in [0.2, 0.25) is 0 Å². The predicted molar refractivity (Wildman–Crippen MR) is 66.4 cm³/mol. The Bertz CT molecular complexity index is 458. The lowest BCUT2D eigenvalue weighted by Crippen LogP contribution is -2.57. The summed E-state index contributed by atoms with van der Waals surface area (Å²) in [7, 11) is 1.22. The minimum absolute atomic E-state index is 0.0659. The maximum atomic E-state index is 12.2. The lowest BCUT2D eigenvalue weighted by Gasteiger charge is -2.32.